The number of nitrogens with zero attached hydrogens (tertiary/aromatic N) is 2. The Balaban J connectivity index is 1.61. The third kappa shape index (κ3) is 4.02. The van der Waals surface area contributed by atoms with Crippen molar-refractivity contribution in [2.45, 2.75) is 83.0 Å². The number of benzene rings is 2. The number of nitriles is 2. The topological polar surface area (TPSA) is 56.8 Å². The lowest BCUT2D eigenvalue weighted by atomic mass is 9.50. The molecule has 3 aliphatic carbocycles. The summed E-state index contributed by atoms with van der Waals surface area (Å²) in [6.45, 7) is 2.27. The molecule has 0 aliphatic heterocycles. The molecule has 0 spiro atoms. The Hall–Kier alpha value is -2.78. The second kappa shape index (κ2) is 9.38. The van der Waals surface area contributed by atoms with Crippen molar-refractivity contribution < 1.29 is 4.74 Å². The van der Waals surface area contributed by atoms with Gasteiger partial charge in [0.25, 0.3) is 0 Å². The first kappa shape index (κ1) is 22.4. The fourth-order valence-electron chi connectivity index (χ4n) is 6.26. The van der Waals surface area contributed by atoms with Crippen LogP contribution < -0.4 is 4.74 Å². The Morgan fingerprint density at radius 2 is 1.47 bits per heavy atom. The van der Waals surface area contributed by atoms with Crippen molar-refractivity contribution in [3.8, 4) is 29.0 Å². The van der Waals surface area contributed by atoms with Crippen LogP contribution in [0, 0.1) is 28.1 Å². The van der Waals surface area contributed by atoms with E-state index in [1.807, 2.05) is 24.3 Å². The van der Waals surface area contributed by atoms with Crippen LogP contribution in [0.5, 0.6) is 5.75 Å². The Kier molecular flexibility index (Phi) is 6.57. The molecule has 0 unspecified atom stereocenters. The van der Waals surface area contributed by atoms with Crippen LogP contribution in [0.15, 0.2) is 36.4 Å². The highest BCUT2D eigenvalue weighted by Crippen LogP contribution is 2.60. The normalized spacial score (nSPS) is 24.0. The Morgan fingerprint density at radius 3 is 2.03 bits per heavy atom. The van der Waals surface area contributed by atoms with E-state index in [4.69, 9.17) is 4.74 Å². The van der Waals surface area contributed by atoms with Crippen LogP contribution in [-0.2, 0) is 5.41 Å². The van der Waals surface area contributed by atoms with E-state index in [0.29, 0.717) is 16.5 Å². The number of unbranched alkanes of at least 4 members (excludes halogenated alkanes) is 3. The van der Waals surface area contributed by atoms with Gasteiger partial charge in [0, 0.05) is 5.56 Å². The van der Waals surface area contributed by atoms with E-state index in [-0.39, 0.29) is 5.41 Å². The lowest BCUT2D eigenvalue weighted by Gasteiger charge is -2.54. The summed E-state index contributed by atoms with van der Waals surface area (Å²) < 4.78 is 5.26. The van der Waals surface area contributed by atoms with Crippen molar-refractivity contribution in [2.24, 2.45) is 5.41 Å². The summed E-state index contributed by atoms with van der Waals surface area (Å²) in [7, 11) is 1.64. The lowest BCUT2D eigenvalue weighted by molar-refractivity contribution is 0.0303. The maximum absolute atomic E-state index is 10.1. The van der Waals surface area contributed by atoms with Crippen molar-refractivity contribution in [1.82, 2.24) is 0 Å². The molecule has 5 rings (SSSR count). The third-order valence-electron chi connectivity index (χ3n) is 8.36. The molecule has 0 saturated heterocycles. The highest BCUT2D eigenvalue weighted by molar-refractivity contribution is 5.75. The van der Waals surface area contributed by atoms with E-state index in [9.17, 15) is 10.5 Å². The second-order valence-electron chi connectivity index (χ2n) is 9.95. The van der Waals surface area contributed by atoms with Crippen molar-refractivity contribution >= 4 is 0 Å². The molecular weight excluding hydrogens is 392 g/mol. The lowest BCUT2D eigenvalue weighted by Crippen LogP contribution is -2.44. The first-order valence-electron chi connectivity index (χ1n) is 12.2. The summed E-state index contributed by atoms with van der Waals surface area (Å²) in [5, 5.41) is 20.2. The van der Waals surface area contributed by atoms with Crippen molar-refractivity contribution in [2.75, 3.05) is 7.11 Å². The van der Waals surface area contributed by atoms with Gasteiger partial charge in [-0.1, -0.05) is 56.9 Å². The van der Waals surface area contributed by atoms with Crippen LogP contribution in [0.2, 0.25) is 0 Å². The smallest absolute Gasteiger partial charge is 0.118 e. The minimum atomic E-state index is 0.0697. The van der Waals surface area contributed by atoms with Crippen LogP contribution in [0.3, 0.4) is 0 Å². The fraction of sp³-hybridized carbons (Fsp3) is 0.517. The van der Waals surface area contributed by atoms with Gasteiger partial charge in [0.15, 0.2) is 0 Å². The van der Waals surface area contributed by atoms with E-state index >= 15 is 0 Å². The molecular formula is C29H34N2O. The van der Waals surface area contributed by atoms with Crippen molar-refractivity contribution in [1.29, 1.82) is 10.5 Å². The highest BCUT2D eigenvalue weighted by atomic mass is 16.5. The van der Waals surface area contributed by atoms with E-state index in [0.717, 1.165) is 41.7 Å². The molecule has 2 bridgehead atoms. The summed E-state index contributed by atoms with van der Waals surface area (Å²) in [6.07, 6.45) is 14.0. The summed E-state index contributed by atoms with van der Waals surface area (Å²) in [5.74, 6) is 0.783. The van der Waals surface area contributed by atoms with Crippen LogP contribution in [0.4, 0.5) is 0 Å². The molecule has 0 amide bonds. The SMILES string of the molecule is CCCCCCC12CCC(c3ccc(-c4ccc(OC)cc4)c(C#N)c3C#N)(CC1)CC2. The molecule has 32 heavy (non-hydrogen) atoms. The summed E-state index contributed by atoms with van der Waals surface area (Å²) in [4.78, 5) is 0. The van der Waals surface area contributed by atoms with Crippen molar-refractivity contribution in [3.63, 3.8) is 0 Å². The molecule has 3 nitrogen and oxygen atoms in total. The molecule has 2 aromatic carbocycles. The Labute approximate surface area is 193 Å². The average molecular weight is 427 g/mol. The summed E-state index contributed by atoms with van der Waals surface area (Å²) >= 11 is 0. The van der Waals surface area contributed by atoms with Crippen LogP contribution in [-0.4, -0.2) is 7.11 Å². The molecule has 166 valence electrons. The molecule has 3 heteroatoms. The van der Waals surface area contributed by atoms with Crippen molar-refractivity contribution in [3.05, 3.63) is 53.1 Å². The predicted molar refractivity (Wildman–Crippen MR) is 128 cm³/mol. The minimum Gasteiger partial charge on any atom is -0.497 e. The van der Waals surface area contributed by atoms with Gasteiger partial charge < -0.3 is 4.74 Å². The molecule has 0 N–H and O–H groups in total. The second-order valence-corrected chi connectivity index (χ2v) is 9.95. The van der Waals surface area contributed by atoms with Gasteiger partial charge >= 0.3 is 0 Å². The molecule has 0 heterocycles. The maximum atomic E-state index is 10.1. The number of rotatable bonds is 8. The van der Waals surface area contributed by atoms with Gasteiger partial charge in [0.2, 0.25) is 0 Å². The van der Waals surface area contributed by atoms with Crippen LogP contribution in [0.25, 0.3) is 11.1 Å². The van der Waals surface area contributed by atoms with Gasteiger partial charge in [-0.15, -0.1) is 0 Å². The van der Waals surface area contributed by atoms with Gasteiger partial charge in [0.05, 0.1) is 18.2 Å². The third-order valence-corrected chi connectivity index (χ3v) is 8.36. The summed E-state index contributed by atoms with van der Waals surface area (Å²) in [5.41, 5.74) is 4.62. The van der Waals surface area contributed by atoms with E-state index in [1.54, 1.807) is 7.11 Å². The molecule has 3 aliphatic rings. The van der Waals surface area contributed by atoms with E-state index in [1.165, 1.54) is 51.4 Å². The molecule has 0 aromatic heterocycles. The van der Waals surface area contributed by atoms with Gasteiger partial charge in [-0.05, 0) is 79.0 Å². The van der Waals surface area contributed by atoms with Gasteiger partial charge in [-0.3, -0.25) is 0 Å². The number of hydrogen-bond acceptors (Lipinski definition) is 3. The zero-order valence-corrected chi connectivity index (χ0v) is 19.5. The zero-order valence-electron chi connectivity index (χ0n) is 19.5. The number of fused-ring (bicyclic) bond motifs is 3. The maximum Gasteiger partial charge on any atom is 0.118 e. The minimum absolute atomic E-state index is 0.0697. The summed E-state index contributed by atoms with van der Waals surface area (Å²) in [6, 6.07) is 16.7. The monoisotopic (exact) mass is 426 g/mol. The van der Waals surface area contributed by atoms with Gasteiger partial charge in [-0.25, -0.2) is 0 Å². The fourth-order valence-corrected chi connectivity index (χ4v) is 6.26. The zero-order chi connectivity index (χ0) is 22.6. The van der Waals surface area contributed by atoms with Crippen LogP contribution in [0.1, 0.15) is 94.2 Å². The molecule has 0 radical (unpaired) electrons. The van der Waals surface area contributed by atoms with Gasteiger partial charge in [-0.2, -0.15) is 10.5 Å². The highest BCUT2D eigenvalue weighted by Gasteiger charge is 2.49. The number of methoxy groups -OCH3 is 1. The largest absolute Gasteiger partial charge is 0.497 e. The quantitative estimate of drug-likeness (QED) is 0.407. The Bertz CT molecular complexity index is 1010. The number of ether oxygens (including phenoxy) is 1. The number of hydrogen-bond donors (Lipinski definition) is 0. The van der Waals surface area contributed by atoms with E-state index < -0.39 is 0 Å². The first-order valence-corrected chi connectivity index (χ1v) is 12.2. The predicted octanol–water partition coefficient (Wildman–Crippen LogP) is 7.67. The molecule has 0 atom stereocenters. The Morgan fingerprint density at radius 1 is 0.812 bits per heavy atom. The standard InChI is InChI=1S/C29H34N2O/c1-3-4-5-6-13-28-14-17-29(18-15-28,19-16-28)27-12-11-24(25(20-30)26(27)21-31)22-7-9-23(32-2)10-8-22/h7-12H,3-6,13-19H2,1-2H3. The first-order chi connectivity index (χ1) is 15.6. The molecule has 3 fully saturated rings. The van der Waals surface area contributed by atoms with Gasteiger partial charge in [0.1, 0.15) is 17.9 Å². The van der Waals surface area contributed by atoms with E-state index in [2.05, 4.69) is 31.2 Å². The molecule has 2 aromatic rings. The van der Waals surface area contributed by atoms with Crippen LogP contribution >= 0.6 is 0 Å². The average Bonchev–Trinajstić information content (AvgIpc) is 2.87. The molecule has 3 saturated carbocycles.